The van der Waals surface area contributed by atoms with Gasteiger partial charge in [0.15, 0.2) is 0 Å². The largest absolute Gasteiger partial charge is 0.441 e. The molecule has 5 nitrogen and oxygen atoms in total. The lowest BCUT2D eigenvalue weighted by molar-refractivity contribution is 0.00678. The molecule has 5 heteroatoms. The molecule has 0 unspecified atom stereocenters. The third-order valence-corrected chi connectivity index (χ3v) is 4.05. The molecule has 102 valence electrons. The molecule has 2 heterocycles. The topological polar surface area (TPSA) is 58.8 Å². The van der Waals surface area contributed by atoms with Crippen LogP contribution in [-0.4, -0.2) is 43.3 Å². The quantitative estimate of drug-likeness (QED) is 0.782. The van der Waals surface area contributed by atoms with E-state index in [0.29, 0.717) is 12.2 Å². The molecule has 2 fully saturated rings. The number of hydrogen-bond acceptors (Lipinski definition) is 4. The summed E-state index contributed by atoms with van der Waals surface area (Å²) in [6, 6.07) is 7.38. The van der Waals surface area contributed by atoms with Crippen molar-refractivity contribution in [2.75, 3.05) is 37.3 Å². The second-order valence-electron chi connectivity index (χ2n) is 5.54. The zero-order valence-electron chi connectivity index (χ0n) is 11.1. The van der Waals surface area contributed by atoms with Gasteiger partial charge in [0, 0.05) is 37.3 Å². The van der Waals surface area contributed by atoms with Crippen LogP contribution in [0.15, 0.2) is 24.3 Å². The summed E-state index contributed by atoms with van der Waals surface area (Å²) < 4.78 is 5.66. The first-order valence-electron chi connectivity index (χ1n) is 6.63. The molecule has 2 saturated heterocycles. The summed E-state index contributed by atoms with van der Waals surface area (Å²) in [6.45, 7) is 2.57. The number of rotatable bonds is 1. The lowest BCUT2D eigenvalue weighted by atomic mass is 9.91. The molecule has 2 aliphatic rings. The Balaban J connectivity index is 1.80. The van der Waals surface area contributed by atoms with Crippen LogP contribution in [0, 0.1) is 0 Å². The Hall–Kier alpha value is -1.75. The molecule has 2 N–H and O–H groups in total. The van der Waals surface area contributed by atoms with Gasteiger partial charge < -0.3 is 15.4 Å². The molecule has 1 aromatic carbocycles. The van der Waals surface area contributed by atoms with Gasteiger partial charge in [0.05, 0.1) is 6.54 Å². The van der Waals surface area contributed by atoms with E-state index < -0.39 is 0 Å². The maximum Gasteiger partial charge on any atom is 0.415 e. The number of piperidine rings is 1. The minimum Gasteiger partial charge on any atom is -0.441 e. The molecule has 3 rings (SSSR count). The average molecular weight is 261 g/mol. The lowest BCUT2D eigenvalue weighted by Crippen LogP contribution is -2.45. The van der Waals surface area contributed by atoms with Gasteiger partial charge in [-0.3, -0.25) is 4.90 Å². The number of anilines is 2. The normalized spacial score (nSPS) is 22.8. The first kappa shape index (κ1) is 12.3. The van der Waals surface area contributed by atoms with Gasteiger partial charge >= 0.3 is 6.09 Å². The van der Waals surface area contributed by atoms with Crippen LogP contribution in [0.5, 0.6) is 0 Å². The van der Waals surface area contributed by atoms with E-state index >= 15 is 0 Å². The Morgan fingerprint density at radius 1 is 1.32 bits per heavy atom. The van der Waals surface area contributed by atoms with Gasteiger partial charge in [-0.2, -0.15) is 0 Å². The SMILES string of the molecule is CN1CCC2(CC1)CN(c1cccc(N)c1)C(=O)O2. The summed E-state index contributed by atoms with van der Waals surface area (Å²) in [4.78, 5) is 16.1. The van der Waals surface area contributed by atoms with E-state index in [2.05, 4.69) is 11.9 Å². The fourth-order valence-electron chi connectivity index (χ4n) is 2.80. The van der Waals surface area contributed by atoms with Crippen molar-refractivity contribution in [1.82, 2.24) is 4.90 Å². The number of benzene rings is 1. The van der Waals surface area contributed by atoms with Crippen LogP contribution >= 0.6 is 0 Å². The Morgan fingerprint density at radius 2 is 2.05 bits per heavy atom. The average Bonchev–Trinajstić information content (AvgIpc) is 2.71. The minimum atomic E-state index is -0.311. The molecule has 19 heavy (non-hydrogen) atoms. The molecule has 1 amide bonds. The minimum absolute atomic E-state index is 0.254. The van der Waals surface area contributed by atoms with Crippen molar-refractivity contribution in [3.63, 3.8) is 0 Å². The maximum atomic E-state index is 12.1. The van der Waals surface area contributed by atoms with Gasteiger partial charge in [0.25, 0.3) is 0 Å². The van der Waals surface area contributed by atoms with Crippen molar-refractivity contribution in [1.29, 1.82) is 0 Å². The van der Waals surface area contributed by atoms with E-state index in [9.17, 15) is 4.79 Å². The molecule has 0 radical (unpaired) electrons. The fourth-order valence-corrected chi connectivity index (χ4v) is 2.80. The number of ether oxygens (including phenoxy) is 1. The number of nitrogens with zero attached hydrogens (tertiary/aromatic N) is 2. The van der Waals surface area contributed by atoms with Crippen LogP contribution in [0.2, 0.25) is 0 Å². The van der Waals surface area contributed by atoms with Crippen molar-refractivity contribution >= 4 is 17.5 Å². The molecule has 0 aromatic heterocycles. The second kappa shape index (κ2) is 4.42. The van der Waals surface area contributed by atoms with Gasteiger partial charge in [-0.15, -0.1) is 0 Å². The highest BCUT2D eigenvalue weighted by Gasteiger charge is 2.46. The fraction of sp³-hybridized carbons (Fsp3) is 0.500. The summed E-state index contributed by atoms with van der Waals surface area (Å²) in [5.74, 6) is 0. The van der Waals surface area contributed by atoms with Gasteiger partial charge in [0.1, 0.15) is 5.60 Å². The van der Waals surface area contributed by atoms with E-state index in [1.54, 1.807) is 4.90 Å². The van der Waals surface area contributed by atoms with Crippen molar-refractivity contribution in [2.24, 2.45) is 0 Å². The molecule has 0 aliphatic carbocycles. The number of nitrogens with two attached hydrogens (primary N) is 1. The van der Waals surface area contributed by atoms with Crippen LogP contribution < -0.4 is 10.6 Å². The lowest BCUT2D eigenvalue weighted by Gasteiger charge is -2.35. The third-order valence-electron chi connectivity index (χ3n) is 4.05. The van der Waals surface area contributed by atoms with Crippen LogP contribution in [0.25, 0.3) is 0 Å². The summed E-state index contributed by atoms with van der Waals surface area (Å²) in [5.41, 5.74) is 6.94. The highest BCUT2D eigenvalue weighted by molar-refractivity contribution is 5.90. The Bertz CT molecular complexity index is 495. The standard InChI is InChI=1S/C14H19N3O2/c1-16-7-5-14(6-8-16)10-17(13(18)19-14)12-4-2-3-11(15)9-12/h2-4,9H,5-8,10,15H2,1H3. The van der Waals surface area contributed by atoms with Crippen molar-refractivity contribution in [2.45, 2.75) is 18.4 Å². The summed E-state index contributed by atoms with van der Waals surface area (Å²) in [5, 5.41) is 0. The number of carbonyl (C=O) groups is 1. The Kier molecular flexibility index (Phi) is 2.86. The first-order valence-corrected chi connectivity index (χ1v) is 6.63. The van der Waals surface area contributed by atoms with Crippen molar-refractivity contribution < 1.29 is 9.53 Å². The van der Waals surface area contributed by atoms with E-state index in [-0.39, 0.29) is 11.7 Å². The van der Waals surface area contributed by atoms with E-state index in [1.807, 2.05) is 24.3 Å². The predicted molar refractivity (Wildman–Crippen MR) is 74.1 cm³/mol. The summed E-state index contributed by atoms with van der Waals surface area (Å²) in [6.07, 6.45) is 1.54. The van der Waals surface area contributed by atoms with Crippen LogP contribution in [0.3, 0.4) is 0 Å². The molecular formula is C14H19N3O2. The predicted octanol–water partition coefficient (Wildman–Crippen LogP) is 1.69. The van der Waals surface area contributed by atoms with Crippen molar-refractivity contribution in [3.05, 3.63) is 24.3 Å². The number of nitrogen functional groups attached to an aromatic ring is 1. The number of carbonyl (C=O) groups excluding carboxylic acids is 1. The van der Waals surface area contributed by atoms with E-state index in [4.69, 9.17) is 10.5 Å². The molecular weight excluding hydrogens is 242 g/mol. The summed E-state index contributed by atoms with van der Waals surface area (Å²) in [7, 11) is 2.10. The van der Waals surface area contributed by atoms with Crippen molar-refractivity contribution in [3.8, 4) is 0 Å². The second-order valence-corrected chi connectivity index (χ2v) is 5.54. The van der Waals surface area contributed by atoms with Gasteiger partial charge in [-0.25, -0.2) is 4.79 Å². The monoisotopic (exact) mass is 261 g/mol. The molecule has 0 bridgehead atoms. The van der Waals surface area contributed by atoms with Crippen LogP contribution in [-0.2, 0) is 4.74 Å². The highest BCUT2D eigenvalue weighted by Crippen LogP contribution is 2.35. The number of likely N-dealkylation sites (tertiary alicyclic amines) is 1. The van der Waals surface area contributed by atoms with Gasteiger partial charge in [0.2, 0.25) is 0 Å². The maximum absolute atomic E-state index is 12.1. The number of amides is 1. The van der Waals surface area contributed by atoms with Crippen LogP contribution in [0.1, 0.15) is 12.8 Å². The van der Waals surface area contributed by atoms with E-state index in [0.717, 1.165) is 31.6 Å². The zero-order valence-corrected chi connectivity index (χ0v) is 11.1. The third kappa shape index (κ3) is 2.26. The Morgan fingerprint density at radius 3 is 2.74 bits per heavy atom. The summed E-state index contributed by atoms with van der Waals surface area (Å²) >= 11 is 0. The highest BCUT2D eigenvalue weighted by atomic mass is 16.6. The first-order chi connectivity index (χ1) is 9.08. The molecule has 1 spiro atoms. The molecule has 0 saturated carbocycles. The number of hydrogen-bond donors (Lipinski definition) is 1. The molecule has 1 aromatic rings. The van der Waals surface area contributed by atoms with E-state index in [1.165, 1.54) is 0 Å². The van der Waals surface area contributed by atoms with Gasteiger partial charge in [-0.05, 0) is 25.2 Å². The van der Waals surface area contributed by atoms with Crippen LogP contribution in [0.4, 0.5) is 16.2 Å². The smallest absolute Gasteiger partial charge is 0.415 e. The molecule has 2 aliphatic heterocycles. The van der Waals surface area contributed by atoms with Gasteiger partial charge in [-0.1, -0.05) is 6.07 Å². The Labute approximate surface area is 112 Å². The molecule has 0 atom stereocenters. The zero-order chi connectivity index (χ0) is 13.5.